The summed E-state index contributed by atoms with van der Waals surface area (Å²) in [6.45, 7) is 13.3. The monoisotopic (exact) mass is 497 g/mol. The predicted octanol–water partition coefficient (Wildman–Crippen LogP) is 7.82. The lowest BCUT2D eigenvalue weighted by molar-refractivity contribution is 0.284. The van der Waals surface area contributed by atoms with Crippen LogP contribution in [0.25, 0.3) is 16.6 Å². The normalized spacial score (nSPS) is 11.1. The number of rotatable bonds is 10. The predicted molar refractivity (Wildman–Crippen MR) is 156 cm³/mol. The number of anilines is 1. The van der Waals surface area contributed by atoms with Crippen molar-refractivity contribution in [2.45, 2.75) is 53.7 Å². The number of aromatic nitrogens is 2. The minimum absolute atomic E-state index is 0.478. The maximum Gasteiger partial charge on any atom is 0.201 e. The third kappa shape index (κ3) is 6.62. The van der Waals surface area contributed by atoms with Crippen molar-refractivity contribution < 1.29 is 9.47 Å². The van der Waals surface area contributed by atoms with Gasteiger partial charge in [0.2, 0.25) is 5.95 Å². The van der Waals surface area contributed by atoms with E-state index in [-0.39, 0.29) is 0 Å². The Bertz CT molecular complexity index is 1350. The van der Waals surface area contributed by atoms with Crippen LogP contribution in [0.4, 0.5) is 5.95 Å². The van der Waals surface area contributed by atoms with E-state index in [1.54, 1.807) is 7.11 Å². The molecule has 37 heavy (non-hydrogen) atoms. The van der Waals surface area contributed by atoms with Crippen LogP contribution in [0, 0.1) is 0 Å². The Morgan fingerprint density at radius 3 is 2.30 bits per heavy atom. The molecule has 0 amide bonds. The molecule has 1 heterocycles. The summed E-state index contributed by atoms with van der Waals surface area (Å²) in [4.78, 5) is 4.61. The van der Waals surface area contributed by atoms with Gasteiger partial charge in [0.15, 0.2) is 11.5 Å². The summed E-state index contributed by atoms with van der Waals surface area (Å²) in [5.74, 6) is 1.88. The second-order valence-electron chi connectivity index (χ2n) is 8.48. The maximum absolute atomic E-state index is 6.31. The molecule has 3 aromatic carbocycles. The van der Waals surface area contributed by atoms with Crippen molar-refractivity contribution in [3.63, 3.8) is 0 Å². The van der Waals surface area contributed by atoms with Gasteiger partial charge in [0, 0.05) is 0 Å². The molecule has 0 aliphatic carbocycles. The molecule has 1 aromatic heterocycles. The number of nitrogen functional groups attached to an aromatic ring is 1. The average molecular weight is 498 g/mol. The zero-order valence-electron chi connectivity index (χ0n) is 22.8. The van der Waals surface area contributed by atoms with Gasteiger partial charge in [0.1, 0.15) is 6.61 Å². The van der Waals surface area contributed by atoms with E-state index in [1.807, 2.05) is 42.7 Å². The molecule has 5 heteroatoms. The van der Waals surface area contributed by atoms with E-state index in [2.05, 4.69) is 74.0 Å². The third-order valence-corrected chi connectivity index (χ3v) is 6.15. The van der Waals surface area contributed by atoms with Crippen LogP contribution in [0.3, 0.4) is 0 Å². The van der Waals surface area contributed by atoms with Gasteiger partial charge in [-0.3, -0.25) is 0 Å². The first-order valence-corrected chi connectivity index (χ1v) is 13.0. The van der Waals surface area contributed by atoms with E-state index in [0.29, 0.717) is 30.6 Å². The summed E-state index contributed by atoms with van der Waals surface area (Å²) in [6, 6.07) is 20.7. The molecule has 0 saturated carbocycles. The van der Waals surface area contributed by atoms with E-state index in [4.69, 9.17) is 15.2 Å². The first-order valence-electron chi connectivity index (χ1n) is 13.0. The maximum atomic E-state index is 6.31. The highest BCUT2D eigenvalue weighted by atomic mass is 16.5. The lowest BCUT2D eigenvalue weighted by Gasteiger charge is -2.14. The van der Waals surface area contributed by atoms with Gasteiger partial charge in [-0.15, -0.1) is 0 Å². The van der Waals surface area contributed by atoms with Crippen LogP contribution in [0.15, 0.2) is 79.4 Å². The molecule has 0 aliphatic rings. The SMILES string of the molecule is C=C/C(=C\CC)c1ccc2c(c1)nc(N)n2Cc1ccc(OCc2ccc(CC)cc2)c(OC)c1.CC. The summed E-state index contributed by atoms with van der Waals surface area (Å²) >= 11 is 0. The number of ether oxygens (including phenoxy) is 2. The quantitative estimate of drug-likeness (QED) is 0.227. The minimum atomic E-state index is 0.478. The molecule has 0 saturated heterocycles. The molecule has 0 spiro atoms. The number of fused-ring (bicyclic) bond motifs is 1. The number of nitrogens with two attached hydrogens (primary N) is 1. The van der Waals surface area contributed by atoms with Gasteiger partial charge >= 0.3 is 0 Å². The van der Waals surface area contributed by atoms with E-state index in [9.17, 15) is 0 Å². The van der Waals surface area contributed by atoms with Crippen LogP contribution in [0.1, 0.15) is 56.4 Å². The molecular weight excluding hydrogens is 458 g/mol. The molecule has 0 atom stereocenters. The number of benzene rings is 3. The molecule has 0 bridgehead atoms. The van der Waals surface area contributed by atoms with Crippen LogP contribution in [-0.2, 0) is 19.6 Å². The van der Waals surface area contributed by atoms with Gasteiger partial charge < -0.3 is 19.8 Å². The summed E-state index contributed by atoms with van der Waals surface area (Å²) in [5.41, 5.74) is 13.8. The zero-order valence-corrected chi connectivity index (χ0v) is 22.8. The lowest BCUT2D eigenvalue weighted by atomic mass is 10.0. The van der Waals surface area contributed by atoms with Crippen LogP contribution in [-0.4, -0.2) is 16.7 Å². The molecule has 0 aliphatic heterocycles. The fraction of sp³-hybridized carbons (Fsp3) is 0.281. The summed E-state index contributed by atoms with van der Waals surface area (Å²) in [7, 11) is 1.66. The van der Waals surface area contributed by atoms with Gasteiger partial charge in [0.25, 0.3) is 0 Å². The summed E-state index contributed by atoms with van der Waals surface area (Å²) in [5, 5.41) is 0. The van der Waals surface area contributed by atoms with Gasteiger partial charge in [-0.25, -0.2) is 4.98 Å². The second kappa shape index (κ2) is 13.4. The fourth-order valence-electron chi connectivity index (χ4n) is 4.18. The van der Waals surface area contributed by atoms with Crippen molar-refractivity contribution in [3.05, 3.63) is 102 Å². The van der Waals surface area contributed by atoms with Crippen LogP contribution in [0.5, 0.6) is 11.5 Å². The number of aryl methyl sites for hydroxylation is 1. The molecular formula is C32H39N3O2. The Kier molecular flexibility index (Phi) is 9.96. The van der Waals surface area contributed by atoms with Crippen LogP contribution in [0.2, 0.25) is 0 Å². The van der Waals surface area contributed by atoms with Crippen molar-refractivity contribution in [1.29, 1.82) is 0 Å². The van der Waals surface area contributed by atoms with Crippen molar-refractivity contribution in [2.75, 3.05) is 12.8 Å². The highest BCUT2D eigenvalue weighted by molar-refractivity contribution is 5.85. The summed E-state index contributed by atoms with van der Waals surface area (Å²) in [6.07, 6.45) is 6.01. The number of methoxy groups -OCH3 is 1. The number of imidazole rings is 1. The highest BCUT2D eigenvalue weighted by Gasteiger charge is 2.12. The minimum Gasteiger partial charge on any atom is -0.493 e. The molecule has 0 fully saturated rings. The largest absolute Gasteiger partial charge is 0.493 e. The van der Waals surface area contributed by atoms with Gasteiger partial charge in [-0.05, 0) is 64.9 Å². The summed E-state index contributed by atoms with van der Waals surface area (Å²) < 4.78 is 13.7. The van der Waals surface area contributed by atoms with Crippen molar-refractivity contribution >= 4 is 22.6 Å². The second-order valence-corrected chi connectivity index (χ2v) is 8.48. The standard InChI is InChI=1S/C30H33N3O2.C2H6/c1-5-8-24(7-3)25-14-15-27-26(18-25)32-30(31)33(27)19-23-13-16-28(29(17-23)34-4)35-20-22-11-9-21(6-2)10-12-22;1-2/h7-18H,3,5-6,19-20H2,1-2,4H3,(H2,31,32);1-2H3/b24-8+;. The molecule has 4 rings (SSSR count). The van der Waals surface area contributed by atoms with E-state index in [0.717, 1.165) is 46.1 Å². The molecule has 2 N–H and O–H groups in total. The fourth-order valence-corrected chi connectivity index (χ4v) is 4.18. The molecule has 4 aromatic rings. The Morgan fingerprint density at radius 1 is 0.946 bits per heavy atom. The first kappa shape index (κ1) is 27.6. The third-order valence-electron chi connectivity index (χ3n) is 6.15. The van der Waals surface area contributed by atoms with Crippen molar-refractivity contribution in [1.82, 2.24) is 9.55 Å². The lowest BCUT2D eigenvalue weighted by Crippen LogP contribution is -2.05. The van der Waals surface area contributed by atoms with Gasteiger partial charge in [0.05, 0.1) is 24.7 Å². The smallest absolute Gasteiger partial charge is 0.201 e. The highest BCUT2D eigenvalue weighted by Crippen LogP contribution is 2.31. The first-order chi connectivity index (χ1) is 18.1. The molecule has 5 nitrogen and oxygen atoms in total. The van der Waals surface area contributed by atoms with Crippen molar-refractivity contribution in [3.8, 4) is 11.5 Å². The van der Waals surface area contributed by atoms with Crippen LogP contribution < -0.4 is 15.2 Å². The Morgan fingerprint density at radius 2 is 1.65 bits per heavy atom. The molecule has 0 radical (unpaired) electrons. The van der Waals surface area contributed by atoms with Gasteiger partial charge in [-0.2, -0.15) is 0 Å². The number of hydrogen-bond acceptors (Lipinski definition) is 4. The van der Waals surface area contributed by atoms with E-state index in [1.165, 1.54) is 5.56 Å². The van der Waals surface area contributed by atoms with Crippen LogP contribution >= 0.6 is 0 Å². The molecule has 0 unspecified atom stereocenters. The number of hydrogen-bond donors (Lipinski definition) is 1. The molecule has 194 valence electrons. The Labute approximate surface area is 221 Å². The Balaban J connectivity index is 0.00000186. The van der Waals surface area contributed by atoms with E-state index < -0.39 is 0 Å². The number of allylic oxidation sites excluding steroid dienone is 3. The van der Waals surface area contributed by atoms with Crippen molar-refractivity contribution in [2.24, 2.45) is 0 Å². The zero-order chi connectivity index (χ0) is 26.8. The topological polar surface area (TPSA) is 62.3 Å². The Hall–Kier alpha value is -3.99. The van der Waals surface area contributed by atoms with E-state index >= 15 is 0 Å². The number of nitrogens with zero attached hydrogens (tertiary/aromatic N) is 2. The van der Waals surface area contributed by atoms with Gasteiger partial charge in [-0.1, -0.05) is 82.8 Å². The average Bonchev–Trinajstić information content (AvgIpc) is 3.25.